The number of nitrogens with zero attached hydrogens (tertiary/aromatic N) is 3. The van der Waals surface area contributed by atoms with E-state index in [9.17, 15) is 33.4 Å². The molecule has 0 aliphatic carbocycles. The van der Waals surface area contributed by atoms with Crippen molar-refractivity contribution in [2.24, 2.45) is 5.10 Å². The van der Waals surface area contributed by atoms with Gasteiger partial charge in [-0.25, -0.2) is 0 Å². The van der Waals surface area contributed by atoms with Crippen molar-refractivity contribution >= 4 is 39.2 Å². The van der Waals surface area contributed by atoms with Crippen molar-refractivity contribution in [2.75, 3.05) is 12.5 Å². The molecular weight excluding hydrogens is 553 g/mol. The van der Waals surface area contributed by atoms with Crippen molar-refractivity contribution in [1.82, 2.24) is 0 Å². The lowest BCUT2D eigenvalue weighted by molar-refractivity contribution is -0.385. The van der Waals surface area contributed by atoms with Gasteiger partial charge in [0.1, 0.15) is 12.3 Å². The van der Waals surface area contributed by atoms with E-state index < -0.39 is 27.3 Å². The van der Waals surface area contributed by atoms with Crippen LogP contribution < -0.4 is 14.9 Å². The highest BCUT2D eigenvalue weighted by Crippen LogP contribution is 2.37. The van der Waals surface area contributed by atoms with Crippen LogP contribution >= 0.6 is 15.9 Å². The smallest absolute Gasteiger partial charge is 0.416 e. The second kappa shape index (κ2) is 11.0. The zero-order valence-corrected chi connectivity index (χ0v) is 19.9. The first-order chi connectivity index (χ1) is 17.0. The van der Waals surface area contributed by atoms with Gasteiger partial charge in [-0.2, -0.15) is 18.3 Å². The van der Waals surface area contributed by atoms with Crippen LogP contribution in [0.25, 0.3) is 0 Å². The lowest BCUT2D eigenvalue weighted by atomic mass is 10.1. The molecule has 0 amide bonds. The Morgan fingerprint density at radius 1 is 1.08 bits per heavy atom. The summed E-state index contributed by atoms with van der Waals surface area (Å²) < 4.78 is 50.1. The summed E-state index contributed by atoms with van der Waals surface area (Å²) in [5.74, 6) is 0.601. The molecule has 0 radical (unpaired) electrons. The van der Waals surface area contributed by atoms with E-state index in [0.29, 0.717) is 33.5 Å². The lowest BCUT2D eigenvalue weighted by Gasteiger charge is -2.13. The van der Waals surface area contributed by atoms with Crippen LogP contribution in [0.2, 0.25) is 0 Å². The van der Waals surface area contributed by atoms with Gasteiger partial charge in [-0.3, -0.25) is 25.7 Å². The number of hydrogen-bond donors (Lipinski definition) is 1. The van der Waals surface area contributed by atoms with Gasteiger partial charge in [0.2, 0.25) is 0 Å². The third-order valence-electron chi connectivity index (χ3n) is 4.68. The third kappa shape index (κ3) is 6.47. The number of hydrogen-bond acceptors (Lipinski definition) is 8. The van der Waals surface area contributed by atoms with E-state index in [1.165, 1.54) is 31.5 Å². The molecule has 0 aromatic heterocycles. The number of methoxy groups -OCH3 is 1. The Balaban J connectivity index is 1.77. The van der Waals surface area contributed by atoms with Gasteiger partial charge in [0, 0.05) is 18.2 Å². The second-order valence-corrected chi connectivity index (χ2v) is 7.96. The molecule has 0 heterocycles. The number of nitrogens with one attached hydrogen (secondary N) is 1. The summed E-state index contributed by atoms with van der Waals surface area (Å²) in [6, 6.07) is 11.1. The van der Waals surface area contributed by atoms with Crippen molar-refractivity contribution in [3.8, 4) is 11.5 Å². The van der Waals surface area contributed by atoms with Gasteiger partial charge in [-0.05, 0) is 51.3 Å². The number of alkyl halides is 3. The molecule has 0 aliphatic rings. The van der Waals surface area contributed by atoms with Gasteiger partial charge in [0.25, 0.3) is 11.4 Å². The molecule has 0 saturated carbocycles. The number of nitro benzene ring substituents is 2. The van der Waals surface area contributed by atoms with E-state index in [2.05, 4.69) is 26.5 Å². The first-order valence-electron chi connectivity index (χ1n) is 9.88. The van der Waals surface area contributed by atoms with E-state index in [-0.39, 0.29) is 23.7 Å². The molecule has 0 aliphatic heterocycles. The van der Waals surface area contributed by atoms with Crippen LogP contribution in [0, 0.1) is 20.2 Å². The quantitative estimate of drug-likeness (QED) is 0.181. The molecule has 10 nitrogen and oxygen atoms in total. The Kier molecular flexibility index (Phi) is 8.09. The maximum absolute atomic E-state index is 12.9. The number of nitro groups is 2. The van der Waals surface area contributed by atoms with E-state index in [1.54, 1.807) is 18.2 Å². The zero-order chi connectivity index (χ0) is 26.5. The lowest BCUT2D eigenvalue weighted by Crippen LogP contribution is -2.06. The SMILES string of the molecule is COc1cc(/C=N\Nc2ccc(C(F)(F)F)cc2[N+](=O)[O-])cc(Br)c1OCc1cccc([N+](=O)[O-])c1. The molecule has 0 bridgehead atoms. The summed E-state index contributed by atoms with van der Waals surface area (Å²) in [7, 11) is 1.40. The maximum Gasteiger partial charge on any atom is 0.416 e. The number of rotatable bonds is 9. The number of benzene rings is 3. The van der Waals surface area contributed by atoms with Crippen LogP contribution in [-0.4, -0.2) is 23.2 Å². The fourth-order valence-electron chi connectivity index (χ4n) is 3.00. The van der Waals surface area contributed by atoms with Crippen molar-refractivity contribution < 1.29 is 32.5 Å². The number of anilines is 1. The minimum atomic E-state index is -4.73. The van der Waals surface area contributed by atoms with Gasteiger partial charge in [0.15, 0.2) is 11.5 Å². The van der Waals surface area contributed by atoms with Crippen molar-refractivity contribution in [3.05, 3.63) is 96.0 Å². The predicted molar refractivity (Wildman–Crippen MR) is 127 cm³/mol. The van der Waals surface area contributed by atoms with Crippen molar-refractivity contribution in [1.29, 1.82) is 0 Å². The molecule has 0 atom stereocenters. The zero-order valence-electron chi connectivity index (χ0n) is 18.3. The normalized spacial score (nSPS) is 11.4. The summed E-state index contributed by atoms with van der Waals surface area (Å²) in [5, 5.41) is 26.0. The van der Waals surface area contributed by atoms with E-state index in [4.69, 9.17) is 9.47 Å². The third-order valence-corrected chi connectivity index (χ3v) is 5.27. The van der Waals surface area contributed by atoms with Crippen LogP contribution in [0.4, 0.5) is 30.2 Å². The summed E-state index contributed by atoms with van der Waals surface area (Å²) in [4.78, 5) is 20.7. The molecule has 0 saturated heterocycles. The summed E-state index contributed by atoms with van der Waals surface area (Å²) >= 11 is 3.35. The van der Waals surface area contributed by atoms with E-state index >= 15 is 0 Å². The van der Waals surface area contributed by atoms with Crippen molar-refractivity contribution in [2.45, 2.75) is 12.8 Å². The van der Waals surface area contributed by atoms with Gasteiger partial charge in [-0.1, -0.05) is 12.1 Å². The average Bonchev–Trinajstić information content (AvgIpc) is 2.82. The summed E-state index contributed by atoms with van der Waals surface area (Å²) in [6.07, 6.45) is -3.45. The highest BCUT2D eigenvalue weighted by molar-refractivity contribution is 9.10. The predicted octanol–water partition coefficient (Wildman–Crippen LogP) is 6.32. The Labute approximate surface area is 209 Å². The van der Waals surface area contributed by atoms with Gasteiger partial charge >= 0.3 is 6.18 Å². The van der Waals surface area contributed by atoms with Crippen LogP contribution in [0.5, 0.6) is 11.5 Å². The highest BCUT2D eigenvalue weighted by Gasteiger charge is 2.33. The molecule has 0 unspecified atom stereocenters. The number of hydrazone groups is 1. The fourth-order valence-corrected chi connectivity index (χ4v) is 3.57. The monoisotopic (exact) mass is 568 g/mol. The minimum Gasteiger partial charge on any atom is -0.493 e. The van der Waals surface area contributed by atoms with Gasteiger partial charge in [0.05, 0.1) is 33.2 Å². The molecular formula is C22H16BrF3N4O6. The Bertz CT molecular complexity index is 1330. The first kappa shape index (κ1) is 26.4. The molecule has 188 valence electrons. The molecule has 3 aromatic rings. The minimum absolute atomic E-state index is 0.0171. The van der Waals surface area contributed by atoms with Crippen LogP contribution in [0.1, 0.15) is 16.7 Å². The molecule has 0 fully saturated rings. The van der Waals surface area contributed by atoms with E-state index in [0.717, 1.165) is 6.07 Å². The maximum atomic E-state index is 12.9. The van der Waals surface area contributed by atoms with Gasteiger partial charge < -0.3 is 9.47 Å². The fraction of sp³-hybridized carbons (Fsp3) is 0.136. The molecule has 3 rings (SSSR count). The van der Waals surface area contributed by atoms with Crippen LogP contribution in [0.3, 0.4) is 0 Å². The largest absolute Gasteiger partial charge is 0.493 e. The number of ether oxygens (including phenoxy) is 2. The molecule has 0 spiro atoms. The highest BCUT2D eigenvalue weighted by atomic mass is 79.9. The number of non-ortho nitro benzene ring substituents is 1. The Morgan fingerprint density at radius 3 is 2.47 bits per heavy atom. The summed E-state index contributed by atoms with van der Waals surface area (Å²) in [5.41, 5.74) is 1.15. The van der Waals surface area contributed by atoms with Crippen molar-refractivity contribution in [3.63, 3.8) is 0 Å². The average molecular weight is 569 g/mol. The summed E-state index contributed by atoms with van der Waals surface area (Å²) in [6.45, 7) is 0.0171. The standard InChI is InChI=1S/C22H16BrF3N4O6/c1-35-20-9-14(8-17(23)21(20)36-12-13-3-2-4-16(7-13)29(31)32)11-27-28-18-6-5-15(22(24,25)26)10-19(18)30(33)34/h2-11,28H,12H2,1H3/b27-11-. The van der Waals surface area contributed by atoms with Crippen LogP contribution in [-0.2, 0) is 12.8 Å². The molecule has 36 heavy (non-hydrogen) atoms. The topological polar surface area (TPSA) is 129 Å². The number of halogens is 4. The van der Waals surface area contributed by atoms with Crippen LogP contribution in [0.15, 0.2) is 64.2 Å². The first-order valence-corrected chi connectivity index (χ1v) is 10.7. The second-order valence-electron chi connectivity index (χ2n) is 7.11. The Hall–Kier alpha value is -4.20. The Morgan fingerprint density at radius 2 is 1.83 bits per heavy atom. The van der Waals surface area contributed by atoms with E-state index in [1.807, 2.05) is 0 Å². The molecule has 3 aromatic carbocycles. The molecule has 1 N–H and O–H groups in total. The molecule has 14 heteroatoms. The van der Waals surface area contributed by atoms with Gasteiger partial charge in [-0.15, -0.1) is 0 Å².